The number of carboxylic acids is 1. The summed E-state index contributed by atoms with van der Waals surface area (Å²) in [6.07, 6.45) is 0. The molecule has 1 aliphatic rings. The Balaban J connectivity index is 2.55. The molecule has 68 valence electrons. The molecule has 0 aromatic heterocycles. The van der Waals surface area contributed by atoms with E-state index in [4.69, 9.17) is 10.4 Å². The number of aliphatic imine (C=N–C) groups is 1. The summed E-state index contributed by atoms with van der Waals surface area (Å²) in [5, 5.41) is 17.5. The summed E-state index contributed by atoms with van der Waals surface area (Å²) in [5.41, 5.74) is 2.07. The fourth-order valence-electron chi connectivity index (χ4n) is 1.41. The van der Waals surface area contributed by atoms with Gasteiger partial charge < -0.3 is 5.11 Å². The summed E-state index contributed by atoms with van der Waals surface area (Å²) in [4.78, 5) is 14.7. The van der Waals surface area contributed by atoms with E-state index in [1.54, 1.807) is 6.07 Å². The van der Waals surface area contributed by atoms with Crippen molar-refractivity contribution in [3.8, 4) is 6.07 Å². The van der Waals surface area contributed by atoms with Crippen molar-refractivity contribution >= 4 is 11.7 Å². The summed E-state index contributed by atoms with van der Waals surface area (Å²) in [5.74, 6) is -0.989. The van der Waals surface area contributed by atoms with Crippen molar-refractivity contribution in [3.05, 3.63) is 34.9 Å². The van der Waals surface area contributed by atoms with Crippen molar-refractivity contribution in [2.45, 2.75) is 6.54 Å². The Morgan fingerprint density at radius 2 is 2.36 bits per heavy atom. The molecule has 0 unspecified atom stereocenters. The number of carbonyl (C=O) groups is 1. The number of aromatic carboxylic acids is 1. The van der Waals surface area contributed by atoms with Crippen LogP contribution in [0.25, 0.3) is 0 Å². The third-order valence-electron chi connectivity index (χ3n) is 2.13. The van der Waals surface area contributed by atoms with E-state index >= 15 is 0 Å². The smallest absolute Gasteiger partial charge is 0.335 e. The molecule has 1 aromatic carbocycles. The molecule has 1 aliphatic heterocycles. The maximum Gasteiger partial charge on any atom is 0.335 e. The highest BCUT2D eigenvalue weighted by molar-refractivity contribution is 6.14. The van der Waals surface area contributed by atoms with Gasteiger partial charge in [0.1, 0.15) is 11.8 Å². The largest absolute Gasteiger partial charge is 0.478 e. The first-order chi connectivity index (χ1) is 6.72. The first-order valence-electron chi connectivity index (χ1n) is 4.03. The van der Waals surface area contributed by atoms with Crippen LogP contribution in [0.3, 0.4) is 0 Å². The highest BCUT2D eigenvalue weighted by atomic mass is 16.4. The van der Waals surface area contributed by atoms with Gasteiger partial charge in [0.2, 0.25) is 0 Å². The Morgan fingerprint density at radius 3 is 3.00 bits per heavy atom. The zero-order valence-corrected chi connectivity index (χ0v) is 7.19. The monoisotopic (exact) mass is 186 g/mol. The number of nitrogens with zero attached hydrogens (tertiary/aromatic N) is 2. The van der Waals surface area contributed by atoms with Gasteiger partial charge in [-0.3, -0.25) is 4.99 Å². The molecule has 4 nitrogen and oxygen atoms in total. The van der Waals surface area contributed by atoms with Crippen LogP contribution < -0.4 is 0 Å². The summed E-state index contributed by atoms with van der Waals surface area (Å²) >= 11 is 0. The van der Waals surface area contributed by atoms with E-state index in [1.807, 2.05) is 6.07 Å². The number of rotatable bonds is 1. The van der Waals surface area contributed by atoms with Gasteiger partial charge in [0.05, 0.1) is 12.1 Å². The lowest BCUT2D eigenvalue weighted by Gasteiger charge is -1.99. The van der Waals surface area contributed by atoms with Crippen LogP contribution in [-0.2, 0) is 6.54 Å². The minimum atomic E-state index is -0.989. The van der Waals surface area contributed by atoms with Gasteiger partial charge in [0.25, 0.3) is 0 Å². The SMILES string of the molecule is N#CC1=NCc2ccc(C(=O)O)cc21. The number of hydrogen-bond acceptors (Lipinski definition) is 3. The van der Waals surface area contributed by atoms with Crippen LogP contribution in [0.4, 0.5) is 0 Å². The first-order valence-corrected chi connectivity index (χ1v) is 4.03. The summed E-state index contributed by atoms with van der Waals surface area (Å²) in [6, 6.07) is 6.66. The van der Waals surface area contributed by atoms with Gasteiger partial charge in [-0.05, 0) is 17.7 Å². The molecule has 0 bridgehead atoms. The van der Waals surface area contributed by atoms with Gasteiger partial charge in [-0.1, -0.05) is 6.07 Å². The number of carboxylic acid groups (broad SMARTS) is 1. The maximum absolute atomic E-state index is 10.7. The zero-order valence-electron chi connectivity index (χ0n) is 7.19. The van der Waals surface area contributed by atoms with Gasteiger partial charge in [0, 0.05) is 5.56 Å². The van der Waals surface area contributed by atoms with Crippen molar-refractivity contribution < 1.29 is 9.90 Å². The Hall–Kier alpha value is -2.15. The Kier molecular flexibility index (Phi) is 1.79. The molecule has 2 rings (SSSR count). The number of benzene rings is 1. The van der Waals surface area contributed by atoms with Crippen molar-refractivity contribution in [2.75, 3.05) is 0 Å². The molecule has 0 saturated heterocycles. The van der Waals surface area contributed by atoms with Crippen LogP contribution in [0.5, 0.6) is 0 Å². The average molecular weight is 186 g/mol. The minimum absolute atomic E-state index is 0.189. The fraction of sp³-hybridized carbons (Fsp3) is 0.100. The van der Waals surface area contributed by atoms with E-state index in [-0.39, 0.29) is 5.56 Å². The molecule has 0 aliphatic carbocycles. The van der Waals surface area contributed by atoms with E-state index in [1.165, 1.54) is 12.1 Å². The Morgan fingerprint density at radius 1 is 1.57 bits per heavy atom. The zero-order chi connectivity index (χ0) is 10.1. The molecule has 1 heterocycles. The third kappa shape index (κ3) is 1.15. The normalized spacial score (nSPS) is 12.9. The van der Waals surface area contributed by atoms with Gasteiger partial charge in [-0.25, -0.2) is 4.79 Å². The quantitative estimate of drug-likeness (QED) is 0.716. The van der Waals surface area contributed by atoms with E-state index in [0.29, 0.717) is 17.8 Å². The van der Waals surface area contributed by atoms with Gasteiger partial charge in [0.15, 0.2) is 0 Å². The Labute approximate surface area is 80.1 Å². The molecular weight excluding hydrogens is 180 g/mol. The molecule has 14 heavy (non-hydrogen) atoms. The lowest BCUT2D eigenvalue weighted by Crippen LogP contribution is -2.01. The second kappa shape index (κ2) is 2.96. The predicted molar refractivity (Wildman–Crippen MR) is 49.3 cm³/mol. The lowest BCUT2D eigenvalue weighted by molar-refractivity contribution is 0.0697. The fourth-order valence-corrected chi connectivity index (χ4v) is 1.41. The molecule has 0 fully saturated rings. The summed E-state index contributed by atoms with van der Waals surface area (Å²) in [7, 11) is 0. The third-order valence-corrected chi connectivity index (χ3v) is 2.13. The number of nitriles is 1. The molecule has 0 spiro atoms. The highest BCUT2D eigenvalue weighted by Crippen LogP contribution is 2.20. The second-order valence-corrected chi connectivity index (χ2v) is 2.95. The lowest BCUT2D eigenvalue weighted by atomic mass is 10.0. The topological polar surface area (TPSA) is 73.5 Å². The van der Waals surface area contributed by atoms with Crippen LogP contribution >= 0.6 is 0 Å². The Bertz CT molecular complexity index is 483. The first kappa shape index (κ1) is 8.45. The van der Waals surface area contributed by atoms with E-state index in [2.05, 4.69) is 4.99 Å². The van der Waals surface area contributed by atoms with Crippen LogP contribution in [0.2, 0.25) is 0 Å². The van der Waals surface area contributed by atoms with Gasteiger partial charge in [-0.2, -0.15) is 5.26 Å². The minimum Gasteiger partial charge on any atom is -0.478 e. The molecule has 0 saturated carbocycles. The van der Waals surface area contributed by atoms with Crippen molar-refractivity contribution in [3.63, 3.8) is 0 Å². The molecule has 1 N–H and O–H groups in total. The molecule has 0 amide bonds. The van der Waals surface area contributed by atoms with E-state index in [9.17, 15) is 4.79 Å². The van der Waals surface area contributed by atoms with Gasteiger partial charge >= 0.3 is 5.97 Å². The molecule has 1 aromatic rings. The van der Waals surface area contributed by atoms with E-state index < -0.39 is 5.97 Å². The van der Waals surface area contributed by atoms with Gasteiger partial charge in [-0.15, -0.1) is 0 Å². The van der Waals surface area contributed by atoms with Crippen molar-refractivity contribution in [1.82, 2.24) is 0 Å². The second-order valence-electron chi connectivity index (χ2n) is 2.95. The molecule has 4 heteroatoms. The van der Waals surface area contributed by atoms with Crippen LogP contribution in [0.1, 0.15) is 21.5 Å². The van der Waals surface area contributed by atoms with E-state index in [0.717, 1.165) is 5.56 Å². The molecular formula is C10H6N2O2. The molecule has 0 atom stereocenters. The maximum atomic E-state index is 10.7. The molecule has 0 radical (unpaired) electrons. The number of hydrogen-bond donors (Lipinski definition) is 1. The number of fused-ring (bicyclic) bond motifs is 1. The highest BCUT2D eigenvalue weighted by Gasteiger charge is 2.17. The average Bonchev–Trinajstić information content (AvgIpc) is 2.59. The van der Waals surface area contributed by atoms with Crippen LogP contribution in [0, 0.1) is 11.3 Å². The summed E-state index contributed by atoms with van der Waals surface area (Å²) in [6.45, 7) is 0.470. The van der Waals surface area contributed by atoms with Crippen molar-refractivity contribution in [1.29, 1.82) is 5.26 Å². The summed E-state index contributed by atoms with van der Waals surface area (Å²) < 4.78 is 0. The van der Waals surface area contributed by atoms with Crippen molar-refractivity contribution in [2.24, 2.45) is 4.99 Å². The standard InChI is InChI=1S/C10H6N2O2/c11-4-9-8-3-6(10(13)14)1-2-7(8)5-12-9/h1-3H,5H2,(H,13,14). The van der Waals surface area contributed by atoms with Crippen LogP contribution in [-0.4, -0.2) is 16.8 Å². The van der Waals surface area contributed by atoms with Crippen LogP contribution in [0.15, 0.2) is 23.2 Å². The predicted octanol–water partition coefficient (Wildman–Crippen LogP) is 1.21.